The van der Waals surface area contributed by atoms with E-state index in [-0.39, 0.29) is 0 Å². The molecule has 4 rings (SSSR count). The number of rotatable bonds is 1. The topological polar surface area (TPSA) is 30.2 Å². The molecule has 0 fully saturated rings. The Hall–Kier alpha value is -3.38. The second-order valence-electron chi connectivity index (χ2n) is 5.07. The summed E-state index contributed by atoms with van der Waals surface area (Å²) in [6, 6.07) is 21.7. The first-order valence-electron chi connectivity index (χ1n) is 7.37. The van der Waals surface area contributed by atoms with Gasteiger partial charge in [-0.15, -0.1) is 0 Å². The molecule has 108 valence electrons. The zero-order valence-corrected chi connectivity index (χ0v) is 12.3. The highest BCUT2D eigenvalue weighted by Gasteiger charge is 2.11. The number of benzene rings is 1. The highest BCUT2D eigenvalue weighted by Crippen LogP contribution is 2.20. The highest BCUT2D eigenvalue weighted by atomic mass is 15.0. The van der Waals surface area contributed by atoms with Crippen LogP contribution in [0.15, 0.2) is 79.1 Å². The summed E-state index contributed by atoms with van der Waals surface area (Å²) in [6.45, 7) is 0. The van der Waals surface area contributed by atoms with Gasteiger partial charge >= 0.3 is 0 Å². The molecule has 0 saturated carbocycles. The fourth-order valence-electron chi connectivity index (χ4n) is 2.46. The van der Waals surface area contributed by atoms with E-state index in [2.05, 4.69) is 16.8 Å². The Morgan fingerprint density at radius 1 is 0.783 bits per heavy atom. The van der Waals surface area contributed by atoms with Gasteiger partial charge in [0, 0.05) is 18.0 Å². The molecule has 0 radical (unpaired) electrons. The molecule has 3 nitrogen and oxygen atoms in total. The molecule has 0 atom stereocenters. The molecule has 0 aliphatic carbocycles. The zero-order chi connectivity index (χ0) is 15.5. The maximum absolute atomic E-state index is 4.70. The van der Waals surface area contributed by atoms with Gasteiger partial charge in [-0.2, -0.15) is 0 Å². The molecule has 0 aliphatic heterocycles. The van der Waals surface area contributed by atoms with Crippen LogP contribution in [0, 0.1) is 11.8 Å². The molecule has 3 heteroatoms. The lowest BCUT2D eigenvalue weighted by Crippen LogP contribution is -1.90. The van der Waals surface area contributed by atoms with Gasteiger partial charge in [0.15, 0.2) is 5.82 Å². The second-order valence-corrected chi connectivity index (χ2v) is 5.07. The Morgan fingerprint density at radius 3 is 2.43 bits per heavy atom. The minimum atomic E-state index is 0.759. The lowest BCUT2D eigenvalue weighted by molar-refractivity contribution is 1.13. The van der Waals surface area contributed by atoms with Crippen molar-refractivity contribution < 1.29 is 0 Å². The molecule has 0 bridgehead atoms. The molecule has 0 amide bonds. The van der Waals surface area contributed by atoms with Gasteiger partial charge < -0.3 is 0 Å². The third kappa shape index (κ3) is 2.58. The Kier molecular flexibility index (Phi) is 3.34. The number of nitrogens with zero attached hydrogens (tertiary/aromatic N) is 3. The number of aromatic nitrogens is 3. The average molecular weight is 295 g/mol. The monoisotopic (exact) mass is 295 g/mol. The average Bonchev–Trinajstić information content (AvgIpc) is 3.01. The van der Waals surface area contributed by atoms with Gasteiger partial charge in [0.1, 0.15) is 11.4 Å². The van der Waals surface area contributed by atoms with E-state index in [4.69, 9.17) is 4.98 Å². The predicted octanol–water partition coefficient (Wildman–Crippen LogP) is 3.80. The molecule has 0 aliphatic rings. The molecule has 3 aromatic heterocycles. The van der Waals surface area contributed by atoms with Crippen molar-refractivity contribution in [3.05, 3.63) is 90.4 Å². The van der Waals surface area contributed by atoms with Crippen LogP contribution in [0.5, 0.6) is 0 Å². The Labute approximate surface area is 134 Å². The summed E-state index contributed by atoms with van der Waals surface area (Å²) in [4.78, 5) is 9.10. The number of fused-ring (bicyclic) bond motifs is 1. The number of imidazole rings is 1. The Morgan fingerprint density at radius 2 is 1.61 bits per heavy atom. The first-order chi connectivity index (χ1) is 11.4. The van der Waals surface area contributed by atoms with E-state index in [1.54, 1.807) is 6.20 Å². The third-order valence-electron chi connectivity index (χ3n) is 3.54. The van der Waals surface area contributed by atoms with Crippen molar-refractivity contribution in [2.45, 2.75) is 0 Å². The van der Waals surface area contributed by atoms with Gasteiger partial charge in [-0.1, -0.05) is 36.3 Å². The quantitative estimate of drug-likeness (QED) is 0.500. The van der Waals surface area contributed by atoms with Crippen molar-refractivity contribution in [2.24, 2.45) is 0 Å². The van der Waals surface area contributed by atoms with Crippen molar-refractivity contribution >= 4 is 5.52 Å². The van der Waals surface area contributed by atoms with E-state index < -0.39 is 0 Å². The zero-order valence-electron chi connectivity index (χ0n) is 12.3. The molecule has 0 saturated heterocycles. The molecule has 3 heterocycles. The fourth-order valence-corrected chi connectivity index (χ4v) is 2.46. The van der Waals surface area contributed by atoms with Gasteiger partial charge in [-0.05, 0) is 42.3 Å². The van der Waals surface area contributed by atoms with Crippen LogP contribution < -0.4 is 0 Å². The van der Waals surface area contributed by atoms with Crippen molar-refractivity contribution in [3.8, 4) is 23.4 Å². The normalized spacial score (nSPS) is 10.3. The summed E-state index contributed by atoms with van der Waals surface area (Å²) >= 11 is 0. The SMILES string of the molecule is C(#Cc1nc(-c2ccccn2)n2ccccc12)c1ccccc1. The van der Waals surface area contributed by atoms with Crippen molar-refractivity contribution in [3.63, 3.8) is 0 Å². The number of hydrogen-bond donors (Lipinski definition) is 0. The molecular formula is C20H13N3. The first-order valence-corrected chi connectivity index (χ1v) is 7.37. The van der Waals surface area contributed by atoms with Gasteiger partial charge in [0.25, 0.3) is 0 Å². The van der Waals surface area contributed by atoms with Gasteiger partial charge in [-0.25, -0.2) is 4.98 Å². The van der Waals surface area contributed by atoms with Crippen molar-refractivity contribution in [1.29, 1.82) is 0 Å². The third-order valence-corrected chi connectivity index (χ3v) is 3.54. The van der Waals surface area contributed by atoms with Gasteiger partial charge in [0.05, 0.1) is 5.52 Å². The smallest absolute Gasteiger partial charge is 0.164 e. The predicted molar refractivity (Wildman–Crippen MR) is 90.8 cm³/mol. The number of hydrogen-bond acceptors (Lipinski definition) is 2. The Balaban J connectivity index is 1.87. The number of pyridine rings is 2. The van der Waals surface area contributed by atoms with Crippen LogP contribution in [0.4, 0.5) is 0 Å². The van der Waals surface area contributed by atoms with Crippen LogP contribution in [0.2, 0.25) is 0 Å². The summed E-state index contributed by atoms with van der Waals surface area (Å²) < 4.78 is 2.03. The summed E-state index contributed by atoms with van der Waals surface area (Å²) in [5.74, 6) is 7.16. The molecule has 23 heavy (non-hydrogen) atoms. The van der Waals surface area contributed by atoms with Gasteiger partial charge in [0.2, 0.25) is 0 Å². The highest BCUT2D eigenvalue weighted by molar-refractivity contribution is 5.67. The lowest BCUT2D eigenvalue weighted by Gasteiger charge is -1.98. The van der Waals surface area contributed by atoms with E-state index in [0.29, 0.717) is 0 Å². The molecule has 0 unspecified atom stereocenters. The van der Waals surface area contributed by atoms with Crippen LogP contribution in [0.25, 0.3) is 17.0 Å². The van der Waals surface area contributed by atoms with Crippen LogP contribution in [-0.4, -0.2) is 14.4 Å². The standard InChI is InChI=1S/C20H13N3/c1-2-8-16(9-3-1)12-13-17-19-11-5-7-15-23(19)20(22-17)18-10-4-6-14-21-18/h1-11,14-15H. The minimum absolute atomic E-state index is 0.759. The first kappa shape index (κ1) is 13.3. The van der Waals surface area contributed by atoms with E-state index in [0.717, 1.165) is 28.3 Å². The van der Waals surface area contributed by atoms with Crippen LogP contribution in [0.3, 0.4) is 0 Å². The van der Waals surface area contributed by atoms with E-state index in [1.807, 2.05) is 77.3 Å². The Bertz CT molecular complexity index is 1010. The van der Waals surface area contributed by atoms with Crippen LogP contribution in [0.1, 0.15) is 11.3 Å². The molecule has 0 N–H and O–H groups in total. The van der Waals surface area contributed by atoms with Gasteiger partial charge in [-0.3, -0.25) is 9.38 Å². The summed E-state index contributed by atoms with van der Waals surface area (Å²) in [5.41, 5.74) is 3.55. The largest absolute Gasteiger partial charge is 0.297 e. The molecule has 1 aromatic carbocycles. The maximum atomic E-state index is 4.70. The van der Waals surface area contributed by atoms with Crippen molar-refractivity contribution in [2.75, 3.05) is 0 Å². The van der Waals surface area contributed by atoms with E-state index in [1.165, 1.54) is 0 Å². The minimum Gasteiger partial charge on any atom is -0.297 e. The van der Waals surface area contributed by atoms with Crippen LogP contribution in [-0.2, 0) is 0 Å². The summed E-state index contributed by atoms with van der Waals surface area (Å²) in [5, 5.41) is 0. The molecular weight excluding hydrogens is 282 g/mol. The molecule has 0 spiro atoms. The van der Waals surface area contributed by atoms with E-state index >= 15 is 0 Å². The maximum Gasteiger partial charge on any atom is 0.164 e. The van der Waals surface area contributed by atoms with Crippen LogP contribution >= 0.6 is 0 Å². The fraction of sp³-hybridized carbons (Fsp3) is 0. The summed E-state index contributed by atoms with van der Waals surface area (Å²) in [7, 11) is 0. The molecule has 4 aromatic rings. The second kappa shape index (κ2) is 5.78. The van der Waals surface area contributed by atoms with E-state index in [9.17, 15) is 0 Å². The summed E-state index contributed by atoms with van der Waals surface area (Å²) in [6.07, 6.45) is 3.76. The lowest BCUT2D eigenvalue weighted by atomic mass is 10.2. The van der Waals surface area contributed by atoms with Crippen molar-refractivity contribution in [1.82, 2.24) is 14.4 Å².